The molecule has 0 N–H and O–H groups in total. The quantitative estimate of drug-likeness (QED) is 0.173. The van der Waals surface area contributed by atoms with Crippen LogP contribution in [0.2, 0.25) is 0 Å². The van der Waals surface area contributed by atoms with Gasteiger partial charge in [-0.3, -0.25) is 0 Å². The summed E-state index contributed by atoms with van der Waals surface area (Å²) in [4.78, 5) is 15.0. The predicted molar refractivity (Wildman–Crippen MR) is 211 cm³/mol. The number of hydrogen-bond acceptors (Lipinski definition) is 3. The number of fused-ring (bicyclic) bond motifs is 6. The Bertz CT molecular complexity index is 3290. The third-order valence-corrected chi connectivity index (χ3v) is 9.28. The zero-order chi connectivity index (χ0) is 40.7. The molecule has 51 heavy (non-hydrogen) atoms. The highest BCUT2D eigenvalue weighted by molar-refractivity contribution is 6.10. The smallest absolute Gasteiger partial charge is 0.164 e. The Hall–Kier alpha value is -6.91. The highest BCUT2D eigenvalue weighted by Crippen LogP contribution is 2.38. The van der Waals surface area contributed by atoms with Gasteiger partial charge in [-0.15, -0.1) is 0 Å². The summed E-state index contributed by atoms with van der Waals surface area (Å²) < 4.78 is 72.3. The summed E-state index contributed by atoms with van der Waals surface area (Å²) in [5.74, 6) is 1.22. The standard InChI is InChI=1S/C47H30N4/c1-3-13-31(14-4-1)39-28-26-36(30-44(39)51-42-21-11-9-19-40(42)41-20-10-12-22-43(41)51)47-49-45(33-16-5-2-6-17-33)48-46(50-47)35-25-27-38-34(29-35)24-23-32-15-7-8-18-37(32)38/h1-30H/i9D,10D,11D,12D,19D,20D,21D,22D. The van der Waals surface area contributed by atoms with E-state index >= 15 is 0 Å². The molecule has 0 unspecified atom stereocenters. The maximum atomic E-state index is 9.18. The second kappa shape index (κ2) is 11.9. The lowest BCUT2D eigenvalue weighted by molar-refractivity contribution is 1.07. The number of para-hydroxylation sites is 2. The van der Waals surface area contributed by atoms with E-state index in [1.807, 2.05) is 97.1 Å². The van der Waals surface area contributed by atoms with Crippen LogP contribution in [0.15, 0.2) is 182 Å². The molecule has 0 aliphatic carbocycles. The highest BCUT2D eigenvalue weighted by atomic mass is 15.0. The molecule has 0 radical (unpaired) electrons. The molecular formula is C47H30N4. The maximum Gasteiger partial charge on any atom is 0.164 e. The molecule has 10 aromatic rings. The summed E-state index contributed by atoms with van der Waals surface area (Å²) in [6, 6.07) is 39.7. The summed E-state index contributed by atoms with van der Waals surface area (Å²) >= 11 is 0. The minimum Gasteiger partial charge on any atom is -0.309 e. The summed E-state index contributed by atoms with van der Waals surface area (Å²) in [5.41, 5.74) is 3.98. The van der Waals surface area contributed by atoms with Crippen LogP contribution in [-0.2, 0) is 0 Å². The highest BCUT2D eigenvalue weighted by Gasteiger charge is 2.19. The van der Waals surface area contributed by atoms with Crippen molar-refractivity contribution >= 4 is 43.4 Å². The molecular weight excluding hydrogens is 621 g/mol. The van der Waals surface area contributed by atoms with Crippen LogP contribution in [0.4, 0.5) is 0 Å². The minimum atomic E-state index is -0.501. The molecule has 0 fully saturated rings. The zero-order valence-electron chi connectivity index (χ0n) is 35.0. The Balaban J connectivity index is 1.28. The monoisotopic (exact) mass is 658 g/mol. The van der Waals surface area contributed by atoms with Gasteiger partial charge in [0, 0.05) is 33.0 Å². The molecule has 2 heterocycles. The fraction of sp³-hybridized carbons (Fsp3) is 0. The summed E-state index contributed by atoms with van der Waals surface area (Å²) in [5, 5.41) is 4.42. The second-order valence-electron chi connectivity index (χ2n) is 12.3. The van der Waals surface area contributed by atoms with Gasteiger partial charge in [0.1, 0.15) is 0 Å². The third-order valence-electron chi connectivity index (χ3n) is 9.28. The van der Waals surface area contributed by atoms with Crippen LogP contribution >= 0.6 is 0 Å². The van der Waals surface area contributed by atoms with E-state index in [2.05, 4.69) is 36.4 Å². The summed E-state index contributed by atoms with van der Waals surface area (Å²) in [6.07, 6.45) is 0. The number of hydrogen-bond donors (Lipinski definition) is 0. The topological polar surface area (TPSA) is 43.6 Å². The predicted octanol–water partition coefficient (Wildman–Crippen LogP) is 11.9. The van der Waals surface area contributed by atoms with Crippen LogP contribution in [0, 0.1) is 0 Å². The van der Waals surface area contributed by atoms with E-state index in [9.17, 15) is 2.74 Å². The fourth-order valence-electron chi connectivity index (χ4n) is 6.88. The Labute approximate surface area is 306 Å². The van der Waals surface area contributed by atoms with Crippen LogP contribution in [-0.4, -0.2) is 19.5 Å². The third kappa shape index (κ3) is 4.96. The molecule has 0 aliphatic heterocycles. The number of nitrogens with zero attached hydrogens (tertiary/aromatic N) is 4. The van der Waals surface area contributed by atoms with E-state index in [0.29, 0.717) is 34.3 Å². The minimum absolute atomic E-state index is 0.000286. The van der Waals surface area contributed by atoms with E-state index in [1.165, 1.54) is 0 Å². The van der Waals surface area contributed by atoms with Crippen LogP contribution in [0.5, 0.6) is 0 Å². The van der Waals surface area contributed by atoms with Crippen molar-refractivity contribution in [3.63, 3.8) is 0 Å². The van der Waals surface area contributed by atoms with Crippen molar-refractivity contribution in [2.45, 2.75) is 0 Å². The molecule has 4 heteroatoms. The van der Waals surface area contributed by atoms with Gasteiger partial charge in [0.25, 0.3) is 0 Å². The lowest BCUT2D eigenvalue weighted by Gasteiger charge is -2.16. The molecule has 238 valence electrons. The summed E-state index contributed by atoms with van der Waals surface area (Å²) in [6.45, 7) is 0. The van der Waals surface area contributed by atoms with E-state index in [1.54, 1.807) is 4.57 Å². The lowest BCUT2D eigenvalue weighted by Crippen LogP contribution is -2.02. The Morgan fingerprint density at radius 1 is 0.392 bits per heavy atom. The molecule has 8 aromatic carbocycles. The molecule has 0 bridgehead atoms. The van der Waals surface area contributed by atoms with Crippen molar-refractivity contribution in [3.8, 4) is 51.0 Å². The van der Waals surface area contributed by atoms with Crippen LogP contribution in [0.25, 0.3) is 94.3 Å². The van der Waals surface area contributed by atoms with Gasteiger partial charge >= 0.3 is 0 Å². The van der Waals surface area contributed by atoms with E-state index < -0.39 is 36.3 Å². The molecule has 2 aromatic heterocycles. The van der Waals surface area contributed by atoms with Crippen molar-refractivity contribution < 1.29 is 11.0 Å². The first-order valence-electron chi connectivity index (χ1n) is 20.5. The van der Waals surface area contributed by atoms with Crippen molar-refractivity contribution in [1.82, 2.24) is 19.5 Å². The number of rotatable bonds is 5. The normalized spacial score (nSPS) is 13.7. The van der Waals surface area contributed by atoms with Crippen molar-refractivity contribution in [2.24, 2.45) is 0 Å². The van der Waals surface area contributed by atoms with Gasteiger partial charge in [0.15, 0.2) is 17.5 Å². The van der Waals surface area contributed by atoms with Gasteiger partial charge in [-0.05, 0) is 51.3 Å². The summed E-state index contributed by atoms with van der Waals surface area (Å²) in [7, 11) is 0. The van der Waals surface area contributed by atoms with Gasteiger partial charge < -0.3 is 4.57 Å². The van der Waals surface area contributed by atoms with Crippen molar-refractivity contribution in [2.75, 3.05) is 0 Å². The van der Waals surface area contributed by atoms with Crippen LogP contribution in [0.1, 0.15) is 11.0 Å². The zero-order valence-corrected chi connectivity index (χ0v) is 27.0. The van der Waals surface area contributed by atoms with Gasteiger partial charge in [0.05, 0.1) is 27.7 Å². The molecule has 0 aliphatic rings. The van der Waals surface area contributed by atoms with Gasteiger partial charge in [-0.1, -0.05) is 158 Å². The average molecular weight is 659 g/mol. The van der Waals surface area contributed by atoms with Crippen LogP contribution in [0.3, 0.4) is 0 Å². The van der Waals surface area contributed by atoms with Crippen molar-refractivity contribution in [3.05, 3.63) is 182 Å². The number of benzene rings is 8. The van der Waals surface area contributed by atoms with Crippen molar-refractivity contribution in [1.29, 1.82) is 0 Å². The van der Waals surface area contributed by atoms with E-state index in [0.717, 1.165) is 38.2 Å². The molecule has 0 amide bonds. The Kier molecular flexibility index (Phi) is 5.12. The lowest BCUT2D eigenvalue weighted by atomic mass is 9.99. The molecule has 0 saturated heterocycles. The van der Waals surface area contributed by atoms with E-state index in [-0.39, 0.29) is 33.9 Å². The number of aromatic nitrogens is 4. The molecule has 0 spiro atoms. The van der Waals surface area contributed by atoms with Gasteiger partial charge in [0.2, 0.25) is 0 Å². The van der Waals surface area contributed by atoms with Gasteiger partial charge in [-0.25, -0.2) is 15.0 Å². The first-order valence-corrected chi connectivity index (χ1v) is 16.5. The average Bonchev–Trinajstić information content (AvgIpc) is 3.65. The van der Waals surface area contributed by atoms with Crippen LogP contribution < -0.4 is 0 Å². The second-order valence-corrected chi connectivity index (χ2v) is 12.3. The Morgan fingerprint density at radius 2 is 0.922 bits per heavy atom. The molecule has 0 atom stereocenters. The molecule has 4 nitrogen and oxygen atoms in total. The van der Waals surface area contributed by atoms with E-state index in [4.69, 9.17) is 23.2 Å². The van der Waals surface area contributed by atoms with Gasteiger partial charge in [-0.2, -0.15) is 0 Å². The Morgan fingerprint density at radius 3 is 1.63 bits per heavy atom. The SMILES string of the molecule is [2H]c1c([2H])c([2H])c2c(c1[2H])c1c([2H])c([2H])c([2H])c([2H])c1n2-c1cc(-c2nc(-c3ccccc3)nc(-c3ccc4c(ccc5ccccc54)c3)n2)ccc1-c1ccccc1. The first-order chi connectivity index (χ1) is 28.6. The fourth-order valence-corrected chi connectivity index (χ4v) is 6.88. The first kappa shape index (κ1) is 21.9. The maximum absolute atomic E-state index is 9.18. The molecule has 10 rings (SSSR count). The largest absolute Gasteiger partial charge is 0.309 e. The molecule has 0 saturated carbocycles.